The van der Waals surface area contributed by atoms with Crippen molar-refractivity contribution >= 4 is 28.7 Å². The molecule has 3 heterocycles. The maximum absolute atomic E-state index is 12.8. The van der Waals surface area contributed by atoms with Crippen LogP contribution in [-0.2, 0) is 13.1 Å². The molecule has 0 saturated carbocycles. The number of aromatic nitrogens is 5. The number of aryl methyl sites for hydroxylation is 1. The Kier molecular flexibility index (Phi) is 4.23. The SMILES string of the molecule is C#CCn1c(=O)n(Cc2ncc(C)c(C)c2C)c2nc(N)nc(Cl)c21. The molecular formula is C17H17ClN6O. The molecule has 0 aliphatic carbocycles. The zero-order valence-corrected chi connectivity index (χ0v) is 14.9. The Morgan fingerprint density at radius 2 is 1.96 bits per heavy atom. The lowest BCUT2D eigenvalue weighted by Crippen LogP contribution is -2.25. The van der Waals surface area contributed by atoms with Crippen LogP contribution in [-0.4, -0.2) is 24.1 Å². The highest BCUT2D eigenvalue weighted by Gasteiger charge is 2.20. The summed E-state index contributed by atoms with van der Waals surface area (Å²) < 4.78 is 2.84. The Bertz CT molecular complexity index is 1090. The fourth-order valence-corrected chi connectivity index (χ4v) is 3.03. The lowest BCUT2D eigenvalue weighted by molar-refractivity contribution is 0.697. The Labute approximate surface area is 149 Å². The van der Waals surface area contributed by atoms with Crippen molar-refractivity contribution in [1.29, 1.82) is 0 Å². The van der Waals surface area contributed by atoms with Crippen LogP contribution in [0.15, 0.2) is 11.0 Å². The Hall–Kier alpha value is -2.85. The summed E-state index contributed by atoms with van der Waals surface area (Å²) in [6, 6.07) is 0. The molecule has 128 valence electrons. The minimum Gasteiger partial charge on any atom is -0.368 e. The number of pyridine rings is 1. The first-order chi connectivity index (χ1) is 11.8. The van der Waals surface area contributed by atoms with Gasteiger partial charge in [-0.1, -0.05) is 17.5 Å². The standard InChI is InChI=1S/C17H17ClN6O/c1-5-6-23-13-14(18)21-16(19)22-15(13)24(17(23)25)8-12-11(4)10(3)9(2)7-20-12/h1,7H,6,8H2,2-4H3,(H2,19,21,22). The number of halogens is 1. The quantitative estimate of drug-likeness (QED) is 0.571. The van der Waals surface area contributed by atoms with E-state index >= 15 is 0 Å². The van der Waals surface area contributed by atoms with E-state index in [1.165, 1.54) is 9.13 Å². The molecule has 0 spiro atoms. The highest BCUT2D eigenvalue weighted by molar-refractivity contribution is 6.33. The third-order valence-electron chi connectivity index (χ3n) is 4.39. The predicted octanol–water partition coefficient (Wildman–Crippen LogP) is 1.83. The van der Waals surface area contributed by atoms with Crippen molar-refractivity contribution in [2.75, 3.05) is 5.73 Å². The number of rotatable bonds is 3. The predicted molar refractivity (Wildman–Crippen MR) is 97.6 cm³/mol. The van der Waals surface area contributed by atoms with E-state index in [9.17, 15) is 4.79 Å². The molecule has 2 N–H and O–H groups in total. The molecule has 3 aromatic rings. The first kappa shape index (κ1) is 17.0. The van der Waals surface area contributed by atoms with Gasteiger partial charge in [0.2, 0.25) is 5.95 Å². The van der Waals surface area contributed by atoms with Gasteiger partial charge in [-0.05, 0) is 37.5 Å². The molecule has 0 aromatic carbocycles. The van der Waals surface area contributed by atoms with Gasteiger partial charge in [0, 0.05) is 6.20 Å². The van der Waals surface area contributed by atoms with E-state index in [0.717, 1.165) is 22.4 Å². The van der Waals surface area contributed by atoms with Crippen LogP contribution >= 0.6 is 11.6 Å². The van der Waals surface area contributed by atoms with Crippen LogP contribution in [0, 0.1) is 33.1 Å². The van der Waals surface area contributed by atoms with Crippen LogP contribution in [0.1, 0.15) is 22.4 Å². The van der Waals surface area contributed by atoms with Crippen molar-refractivity contribution in [3.63, 3.8) is 0 Å². The van der Waals surface area contributed by atoms with Crippen LogP contribution in [0.25, 0.3) is 11.2 Å². The van der Waals surface area contributed by atoms with E-state index in [4.69, 9.17) is 23.8 Å². The molecule has 0 amide bonds. The van der Waals surface area contributed by atoms with Gasteiger partial charge in [-0.25, -0.2) is 4.79 Å². The molecule has 25 heavy (non-hydrogen) atoms. The van der Waals surface area contributed by atoms with Crippen molar-refractivity contribution in [2.45, 2.75) is 33.9 Å². The first-order valence-corrected chi connectivity index (χ1v) is 8.00. The second-order valence-corrected chi connectivity index (χ2v) is 6.20. The molecule has 0 fully saturated rings. The van der Waals surface area contributed by atoms with Crippen LogP contribution in [0.5, 0.6) is 0 Å². The van der Waals surface area contributed by atoms with Crippen LogP contribution in [0.2, 0.25) is 5.15 Å². The minimum atomic E-state index is -0.325. The van der Waals surface area contributed by atoms with Gasteiger partial charge in [0.1, 0.15) is 5.52 Å². The van der Waals surface area contributed by atoms with Crippen LogP contribution in [0.4, 0.5) is 5.95 Å². The highest BCUT2D eigenvalue weighted by Crippen LogP contribution is 2.22. The number of nitrogens with zero attached hydrogens (tertiary/aromatic N) is 5. The van der Waals surface area contributed by atoms with Gasteiger partial charge >= 0.3 is 5.69 Å². The van der Waals surface area contributed by atoms with Gasteiger partial charge < -0.3 is 5.73 Å². The minimum absolute atomic E-state index is 0.00567. The summed E-state index contributed by atoms with van der Waals surface area (Å²) in [5.74, 6) is 2.45. The molecule has 0 saturated heterocycles. The van der Waals surface area contributed by atoms with Crippen molar-refractivity contribution in [3.05, 3.63) is 44.2 Å². The van der Waals surface area contributed by atoms with Gasteiger partial charge in [-0.3, -0.25) is 14.1 Å². The molecule has 0 aliphatic heterocycles. The lowest BCUT2D eigenvalue weighted by Gasteiger charge is -2.10. The third kappa shape index (κ3) is 2.75. The summed E-state index contributed by atoms with van der Waals surface area (Å²) in [5.41, 5.74) is 10.1. The van der Waals surface area contributed by atoms with E-state index in [1.54, 1.807) is 6.20 Å². The number of nitrogens with two attached hydrogens (primary N) is 1. The molecule has 8 heteroatoms. The molecule has 0 unspecified atom stereocenters. The second-order valence-electron chi connectivity index (χ2n) is 5.84. The molecule has 7 nitrogen and oxygen atoms in total. The van der Waals surface area contributed by atoms with E-state index < -0.39 is 0 Å². The molecule has 0 aliphatic rings. The molecular weight excluding hydrogens is 340 g/mol. The average molecular weight is 357 g/mol. The molecule has 0 radical (unpaired) electrons. The summed E-state index contributed by atoms with van der Waals surface area (Å²) in [7, 11) is 0. The smallest absolute Gasteiger partial charge is 0.331 e. The number of imidazole rings is 1. The van der Waals surface area contributed by atoms with E-state index in [2.05, 4.69) is 20.9 Å². The fraction of sp³-hybridized carbons (Fsp3) is 0.294. The number of hydrogen-bond acceptors (Lipinski definition) is 5. The second kappa shape index (κ2) is 6.22. The lowest BCUT2D eigenvalue weighted by atomic mass is 10.0. The fourth-order valence-electron chi connectivity index (χ4n) is 2.75. The van der Waals surface area contributed by atoms with Gasteiger partial charge in [-0.2, -0.15) is 9.97 Å². The third-order valence-corrected chi connectivity index (χ3v) is 4.65. The zero-order valence-electron chi connectivity index (χ0n) is 14.2. The topological polar surface area (TPSA) is 91.6 Å². The van der Waals surface area contributed by atoms with E-state index in [1.807, 2.05) is 20.8 Å². The molecule has 3 aromatic heterocycles. The number of anilines is 1. The van der Waals surface area contributed by atoms with Crippen molar-refractivity contribution in [3.8, 4) is 12.3 Å². The zero-order chi connectivity index (χ0) is 18.3. The Morgan fingerprint density at radius 1 is 1.24 bits per heavy atom. The summed E-state index contributed by atoms with van der Waals surface area (Å²) in [6.45, 7) is 6.31. The number of terminal acetylenes is 1. The highest BCUT2D eigenvalue weighted by atomic mass is 35.5. The Balaban J connectivity index is 2.27. The first-order valence-electron chi connectivity index (χ1n) is 7.62. The van der Waals surface area contributed by atoms with Gasteiger partial charge in [-0.15, -0.1) is 6.42 Å². The molecule has 0 bridgehead atoms. The normalized spacial score (nSPS) is 11.0. The summed E-state index contributed by atoms with van der Waals surface area (Å²) in [6.07, 6.45) is 7.17. The van der Waals surface area contributed by atoms with Crippen molar-refractivity contribution in [1.82, 2.24) is 24.1 Å². The molecule has 0 atom stereocenters. The van der Waals surface area contributed by atoms with Crippen LogP contribution in [0.3, 0.4) is 0 Å². The van der Waals surface area contributed by atoms with Crippen LogP contribution < -0.4 is 11.4 Å². The maximum atomic E-state index is 12.8. The summed E-state index contributed by atoms with van der Waals surface area (Å²) in [5, 5.41) is 0.0957. The monoisotopic (exact) mass is 356 g/mol. The maximum Gasteiger partial charge on any atom is 0.331 e. The van der Waals surface area contributed by atoms with Gasteiger partial charge in [0.15, 0.2) is 10.8 Å². The molecule has 3 rings (SSSR count). The van der Waals surface area contributed by atoms with E-state index in [0.29, 0.717) is 11.2 Å². The number of hydrogen-bond donors (Lipinski definition) is 1. The van der Waals surface area contributed by atoms with E-state index in [-0.39, 0.29) is 29.9 Å². The number of fused-ring (bicyclic) bond motifs is 1. The number of nitrogen functional groups attached to an aromatic ring is 1. The van der Waals surface area contributed by atoms with Crippen molar-refractivity contribution < 1.29 is 0 Å². The van der Waals surface area contributed by atoms with Gasteiger partial charge in [0.25, 0.3) is 0 Å². The van der Waals surface area contributed by atoms with Crippen molar-refractivity contribution in [2.24, 2.45) is 0 Å². The largest absolute Gasteiger partial charge is 0.368 e. The summed E-state index contributed by atoms with van der Waals surface area (Å²) >= 11 is 6.18. The summed E-state index contributed by atoms with van der Waals surface area (Å²) in [4.78, 5) is 25.4. The average Bonchev–Trinajstić information content (AvgIpc) is 2.81. The van der Waals surface area contributed by atoms with Gasteiger partial charge in [0.05, 0.1) is 18.8 Å². The Morgan fingerprint density at radius 3 is 2.64 bits per heavy atom.